The van der Waals surface area contributed by atoms with Crippen LogP contribution in [-0.2, 0) is 10.8 Å². The molecule has 0 aliphatic carbocycles. The molecule has 9 rings (SSSR count). The largest absolute Gasteiger partial charge is 0.453 e. The van der Waals surface area contributed by atoms with Crippen molar-refractivity contribution in [3.63, 3.8) is 0 Å². The number of fused-ring (bicyclic) bond motifs is 8. The van der Waals surface area contributed by atoms with Gasteiger partial charge in [0, 0.05) is 39.0 Å². The molecule has 0 saturated carbocycles. The molecular formula is C45H34N4O2S. The molecule has 0 spiro atoms. The molecule has 4 aromatic carbocycles. The second kappa shape index (κ2) is 13.4. The zero-order chi connectivity index (χ0) is 35.0. The summed E-state index contributed by atoms with van der Waals surface area (Å²) >= 11 is 0. The minimum Gasteiger partial charge on any atom is -0.453 e. The van der Waals surface area contributed by atoms with Gasteiger partial charge in [-0.25, -0.2) is 9.97 Å². The fourth-order valence-electron chi connectivity index (χ4n) is 7.12. The lowest BCUT2D eigenvalue weighted by Crippen LogP contribution is -2.12. The Kier molecular flexibility index (Phi) is 8.18. The number of hydrogen-bond acceptors (Lipinski definition) is 4. The lowest BCUT2D eigenvalue weighted by atomic mass is 10.0. The van der Waals surface area contributed by atoms with Crippen LogP contribution in [0.25, 0.3) is 78.7 Å². The van der Waals surface area contributed by atoms with Crippen LogP contribution in [0.1, 0.15) is 29.4 Å². The molecule has 0 saturated heterocycles. The van der Waals surface area contributed by atoms with E-state index in [2.05, 4.69) is 94.9 Å². The molecule has 6 nitrogen and oxygen atoms in total. The number of nitrogens with one attached hydrogen (secondary N) is 2. The van der Waals surface area contributed by atoms with Crippen molar-refractivity contribution in [3.8, 4) is 50.4 Å². The van der Waals surface area contributed by atoms with Crippen molar-refractivity contribution in [1.29, 1.82) is 0 Å². The maximum Gasteiger partial charge on any atom is 0.225 e. The summed E-state index contributed by atoms with van der Waals surface area (Å²) in [5, 5.41) is 0. The Morgan fingerprint density at radius 2 is 0.904 bits per heavy atom. The third-order valence-corrected chi connectivity index (χ3v) is 10.9. The van der Waals surface area contributed by atoms with Gasteiger partial charge < -0.3 is 14.7 Å². The molecule has 252 valence electrons. The topological polar surface area (TPSA) is 83.7 Å². The predicted octanol–water partition coefficient (Wildman–Crippen LogP) is 11.0. The van der Waals surface area contributed by atoms with E-state index in [0.29, 0.717) is 17.3 Å². The molecule has 0 amide bonds. The molecule has 0 fully saturated rings. The van der Waals surface area contributed by atoms with E-state index in [9.17, 15) is 4.21 Å². The zero-order valence-corrected chi connectivity index (χ0v) is 29.2. The van der Waals surface area contributed by atoms with Crippen molar-refractivity contribution < 1.29 is 8.95 Å². The maximum atomic E-state index is 13.9. The Bertz CT molecular complexity index is 2650. The van der Waals surface area contributed by atoms with E-state index in [1.165, 1.54) is 0 Å². The minimum atomic E-state index is -1.38. The van der Waals surface area contributed by atoms with Crippen LogP contribution in [0.2, 0.25) is 0 Å². The number of benzene rings is 4. The highest BCUT2D eigenvalue weighted by Gasteiger charge is 2.33. The number of aromatic nitrogens is 4. The van der Waals surface area contributed by atoms with Gasteiger partial charge in [0.15, 0.2) is 0 Å². The van der Waals surface area contributed by atoms with E-state index in [0.717, 1.165) is 78.0 Å². The predicted molar refractivity (Wildman–Crippen MR) is 214 cm³/mol. The fraction of sp³-hybridized carbons (Fsp3) is 0.0667. The molecular weight excluding hydrogens is 661 g/mol. The van der Waals surface area contributed by atoms with Crippen LogP contribution in [0.3, 0.4) is 0 Å². The van der Waals surface area contributed by atoms with Crippen LogP contribution in [0.5, 0.6) is 5.88 Å². The summed E-state index contributed by atoms with van der Waals surface area (Å²) in [4.78, 5) is 18.1. The highest BCUT2D eigenvalue weighted by atomic mass is 32.2. The molecule has 2 unspecified atom stereocenters. The summed E-state index contributed by atoms with van der Waals surface area (Å²) in [6.07, 6.45) is 4.20. The molecule has 7 heteroatoms. The molecule has 7 aromatic rings. The van der Waals surface area contributed by atoms with Gasteiger partial charge in [0.05, 0.1) is 33.3 Å². The molecule has 2 aliphatic rings. The van der Waals surface area contributed by atoms with Gasteiger partial charge >= 0.3 is 0 Å². The normalized spacial score (nSPS) is 14.2. The quantitative estimate of drug-likeness (QED) is 0.181. The number of nitrogens with zero attached hydrogens (tertiary/aromatic N) is 2. The number of ether oxygens (including phenoxy) is 1. The molecule has 8 bridgehead atoms. The Morgan fingerprint density at radius 3 is 1.35 bits per heavy atom. The van der Waals surface area contributed by atoms with E-state index in [1.54, 1.807) is 0 Å². The Hall–Kier alpha value is -6.31. The van der Waals surface area contributed by atoms with Gasteiger partial charge in [-0.05, 0) is 58.7 Å². The highest BCUT2D eigenvalue weighted by Crippen LogP contribution is 2.43. The third kappa shape index (κ3) is 5.65. The Balaban J connectivity index is 1.51. The minimum absolute atomic E-state index is 0.411. The summed E-state index contributed by atoms with van der Waals surface area (Å²) in [5.74, 6) is 0.828. The Labute approximate surface area is 304 Å². The summed E-state index contributed by atoms with van der Waals surface area (Å²) < 4.78 is 20.7. The van der Waals surface area contributed by atoms with Crippen molar-refractivity contribution in [2.75, 3.05) is 5.75 Å². The highest BCUT2D eigenvalue weighted by molar-refractivity contribution is 7.85. The van der Waals surface area contributed by atoms with Gasteiger partial charge in [-0.15, -0.1) is 0 Å². The fourth-order valence-corrected chi connectivity index (χ4v) is 8.04. The van der Waals surface area contributed by atoms with Crippen LogP contribution in [0, 0.1) is 0 Å². The standard InChI is InChI=1S/C45H34N4O2S/c1-2-52(50)45-43-41(31-19-11-5-12-20-31)37-27-25-35(47-37)39(29-15-7-3-8-16-29)33-23-24-34(46-33)40(30-17-9-4-10-18-30)36-26-28-38(48-36)42(44(49-43)51-45)32-21-13-6-14-22-32/h3-28,45,47-48H,2H2,1H3. The SMILES string of the molecule is CCS(=O)C1Oc2nc1c(-c1ccccc1)c1ccc([nH]1)c(-c1ccccc1)c1nc(c(-c3ccccc3)c3ccc([nH]3)c2-c2ccccc2)C=C1. The second-order valence-electron chi connectivity index (χ2n) is 12.7. The summed E-state index contributed by atoms with van der Waals surface area (Å²) in [6.45, 7) is 1.92. The third-order valence-electron chi connectivity index (χ3n) is 9.51. The van der Waals surface area contributed by atoms with Crippen LogP contribution in [0.15, 0.2) is 146 Å². The second-order valence-corrected chi connectivity index (χ2v) is 14.4. The number of hydrogen-bond donors (Lipinski definition) is 2. The van der Waals surface area contributed by atoms with Gasteiger partial charge in [-0.1, -0.05) is 128 Å². The van der Waals surface area contributed by atoms with E-state index >= 15 is 0 Å². The number of rotatable bonds is 6. The zero-order valence-electron chi connectivity index (χ0n) is 28.4. The molecule has 52 heavy (non-hydrogen) atoms. The van der Waals surface area contributed by atoms with Gasteiger partial charge in [0.2, 0.25) is 11.3 Å². The average molecular weight is 695 g/mol. The van der Waals surface area contributed by atoms with Crippen molar-refractivity contribution >= 4 is 45.0 Å². The van der Waals surface area contributed by atoms with E-state index in [4.69, 9.17) is 14.7 Å². The lowest BCUT2D eigenvalue weighted by molar-refractivity contribution is 0.308. The monoisotopic (exact) mass is 694 g/mol. The molecule has 2 atom stereocenters. The van der Waals surface area contributed by atoms with Crippen LogP contribution >= 0.6 is 0 Å². The average Bonchev–Trinajstić information content (AvgIpc) is 4.03. The first-order chi connectivity index (χ1) is 25.7. The van der Waals surface area contributed by atoms with E-state index in [-0.39, 0.29) is 0 Å². The maximum absolute atomic E-state index is 13.9. The smallest absolute Gasteiger partial charge is 0.225 e. The van der Waals surface area contributed by atoms with Crippen LogP contribution < -0.4 is 4.74 Å². The molecule has 2 aliphatic heterocycles. The van der Waals surface area contributed by atoms with Crippen molar-refractivity contribution in [2.45, 2.75) is 12.4 Å². The van der Waals surface area contributed by atoms with Gasteiger partial charge in [-0.3, -0.25) is 4.21 Å². The molecule has 0 radical (unpaired) electrons. The van der Waals surface area contributed by atoms with Crippen LogP contribution in [-0.4, -0.2) is 29.9 Å². The molecule has 2 N–H and O–H groups in total. The number of aromatic amines is 2. The van der Waals surface area contributed by atoms with Crippen molar-refractivity contribution in [1.82, 2.24) is 19.9 Å². The van der Waals surface area contributed by atoms with Crippen LogP contribution in [0.4, 0.5) is 0 Å². The van der Waals surface area contributed by atoms with E-state index < -0.39 is 16.2 Å². The first-order valence-electron chi connectivity index (χ1n) is 17.4. The molecule has 5 heterocycles. The van der Waals surface area contributed by atoms with Gasteiger partial charge in [0.25, 0.3) is 0 Å². The van der Waals surface area contributed by atoms with E-state index in [1.807, 2.05) is 79.7 Å². The Morgan fingerprint density at radius 1 is 0.519 bits per heavy atom. The van der Waals surface area contributed by atoms with Gasteiger partial charge in [-0.2, -0.15) is 0 Å². The first kappa shape index (κ1) is 31.7. The van der Waals surface area contributed by atoms with Crippen molar-refractivity contribution in [3.05, 3.63) is 163 Å². The van der Waals surface area contributed by atoms with Crippen molar-refractivity contribution in [2.24, 2.45) is 0 Å². The summed E-state index contributed by atoms with van der Waals surface area (Å²) in [6, 6.07) is 49.3. The number of H-pyrrole nitrogens is 2. The lowest BCUT2D eigenvalue weighted by Gasteiger charge is -2.13. The van der Waals surface area contributed by atoms with Gasteiger partial charge in [0.1, 0.15) is 5.69 Å². The summed E-state index contributed by atoms with van der Waals surface area (Å²) in [7, 11) is -1.38. The molecule has 3 aromatic heterocycles. The summed E-state index contributed by atoms with van der Waals surface area (Å²) in [5.41, 5.74) is 12.5. The first-order valence-corrected chi connectivity index (χ1v) is 18.8.